The van der Waals surface area contributed by atoms with E-state index in [1.807, 2.05) is 18.2 Å². The molecule has 1 aliphatic heterocycles. The van der Waals surface area contributed by atoms with Crippen molar-refractivity contribution in [3.05, 3.63) is 63.5 Å². The molecule has 3 rings (SSSR count). The van der Waals surface area contributed by atoms with Gasteiger partial charge in [-0.15, -0.1) is 0 Å². The Kier molecular flexibility index (Phi) is 5.42. The van der Waals surface area contributed by atoms with Crippen molar-refractivity contribution in [2.75, 3.05) is 18.4 Å². The number of anilines is 1. The quantitative estimate of drug-likeness (QED) is 0.898. The third kappa shape index (κ3) is 3.96. The van der Waals surface area contributed by atoms with Crippen LogP contribution in [0.4, 0.5) is 5.69 Å². The first-order chi connectivity index (χ1) is 12.5. The van der Waals surface area contributed by atoms with Crippen LogP contribution in [0.2, 0.25) is 5.02 Å². The van der Waals surface area contributed by atoms with Crippen molar-refractivity contribution < 1.29 is 9.59 Å². The predicted octanol–water partition coefficient (Wildman–Crippen LogP) is 2.53. The molecule has 0 saturated carbocycles. The second-order valence-electron chi connectivity index (χ2n) is 6.44. The summed E-state index contributed by atoms with van der Waals surface area (Å²) >= 11 is 5.88. The molecule has 1 aliphatic rings. The lowest BCUT2D eigenvalue weighted by Crippen LogP contribution is -2.43. The number of carbonyl (C=O) groups is 2. The van der Waals surface area contributed by atoms with Crippen LogP contribution in [-0.4, -0.2) is 34.4 Å². The fraction of sp³-hybridized carbons (Fsp3) is 0.316. The van der Waals surface area contributed by atoms with Crippen LogP contribution in [0.5, 0.6) is 0 Å². The van der Waals surface area contributed by atoms with Crippen molar-refractivity contribution in [1.82, 2.24) is 9.47 Å². The normalized spacial score (nSPS) is 17.0. The van der Waals surface area contributed by atoms with E-state index in [2.05, 4.69) is 5.32 Å². The van der Waals surface area contributed by atoms with E-state index in [0.29, 0.717) is 30.8 Å². The molecule has 0 radical (unpaired) electrons. The first-order valence-electron chi connectivity index (χ1n) is 8.47. The van der Waals surface area contributed by atoms with Gasteiger partial charge in [-0.1, -0.05) is 29.8 Å². The Labute approximate surface area is 156 Å². The number of nitrogens with one attached hydrogen (secondary N) is 1. The van der Waals surface area contributed by atoms with Gasteiger partial charge in [-0.25, -0.2) is 0 Å². The molecule has 0 spiro atoms. The minimum Gasteiger partial charge on any atom is -0.338 e. The lowest BCUT2D eigenvalue weighted by molar-refractivity contribution is -0.121. The smallest absolute Gasteiger partial charge is 0.269 e. The number of hydrogen-bond donors (Lipinski definition) is 1. The first-order valence-corrected chi connectivity index (χ1v) is 8.85. The number of benzene rings is 1. The number of carbonyl (C=O) groups excluding carboxylic acids is 2. The molecule has 1 unspecified atom stereocenters. The SMILES string of the molecule is Cn1cc(NC(=O)C2CCCN(C(=O)c3ccccc3)C2)cc(Cl)c1=O. The van der Waals surface area contributed by atoms with Crippen LogP contribution in [-0.2, 0) is 11.8 Å². The Bertz CT molecular complexity index is 853. The van der Waals surface area contributed by atoms with Crippen molar-refractivity contribution in [3.63, 3.8) is 0 Å². The maximum absolute atomic E-state index is 12.6. The van der Waals surface area contributed by atoms with Gasteiger partial charge in [-0.2, -0.15) is 0 Å². The number of likely N-dealkylation sites (tertiary alicyclic amines) is 1. The Morgan fingerprint density at radius 2 is 1.96 bits per heavy atom. The standard InChI is InChI=1S/C19H20ClN3O3/c1-22-12-15(10-16(20)19(22)26)21-17(24)14-8-5-9-23(11-14)18(25)13-6-3-2-4-7-13/h2-4,6-7,10,12,14H,5,8-9,11H2,1H3,(H,21,24). The summed E-state index contributed by atoms with van der Waals surface area (Å²) in [5.74, 6) is -0.536. The van der Waals surface area contributed by atoms with Crippen molar-refractivity contribution in [3.8, 4) is 0 Å². The molecule has 1 saturated heterocycles. The fourth-order valence-corrected chi connectivity index (χ4v) is 3.37. The third-order valence-corrected chi connectivity index (χ3v) is 4.78. The van der Waals surface area contributed by atoms with Crippen LogP contribution in [0.25, 0.3) is 0 Å². The fourth-order valence-electron chi connectivity index (χ4n) is 3.12. The Balaban J connectivity index is 1.68. The number of piperidine rings is 1. The molecule has 0 aliphatic carbocycles. The van der Waals surface area contributed by atoms with E-state index < -0.39 is 0 Å². The van der Waals surface area contributed by atoms with Gasteiger partial charge < -0.3 is 14.8 Å². The van der Waals surface area contributed by atoms with Gasteiger partial charge in [0.2, 0.25) is 5.91 Å². The zero-order valence-corrected chi connectivity index (χ0v) is 15.2. The number of aryl methyl sites for hydroxylation is 1. The van der Waals surface area contributed by atoms with Gasteiger partial charge in [0.05, 0.1) is 11.6 Å². The number of pyridine rings is 1. The molecule has 6 nitrogen and oxygen atoms in total. The van der Waals surface area contributed by atoms with E-state index in [0.717, 1.165) is 6.42 Å². The largest absolute Gasteiger partial charge is 0.338 e. The van der Waals surface area contributed by atoms with Crippen LogP contribution in [0.15, 0.2) is 47.4 Å². The molecule has 2 heterocycles. The molecular weight excluding hydrogens is 354 g/mol. The van der Waals surface area contributed by atoms with Crippen molar-refractivity contribution in [2.45, 2.75) is 12.8 Å². The minimum atomic E-state index is -0.318. The van der Waals surface area contributed by atoms with Crippen LogP contribution in [0.3, 0.4) is 0 Å². The molecule has 1 atom stereocenters. The van der Waals surface area contributed by atoms with Crippen molar-refractivity contribution in [1.29, 1.82) is 0 Å². The maximum Gasteiger partial charge on any atom is 0.269 e. The molecule has 136 valence electrons. The summed E-state index contributed by atoms with van der Waals surface area (Å²) in [7, 11) is 1.57. The molecule has 26 heavy (non-hydrogen) atoms. The molecule has 0 bridgehead atoms. The summed E-state index contributed by atoms with van der Waals surface area (Å²) in [6.07, 6.45) is 3.01. The molecule has 1 fully saturated rings. The van der Waals surface area contributed by atoms with Gasteiger partial charge in [0.1, 0.15) is 5.02 Å². The predicted molar refractivity (Wildman–Crippen MR) is 100 cm³/mol. The second-order valence-corrected chi connectivity index (χ2v) is 6.85. The lowest BCUT2D eigenvalue weighted by Gasteiger charge is -2.32. The number of halogens is 1. The molecule has 1 aromatic carbocycles. The van der Waals surface area contributed by atoms with E-state index in [1.165, 1.54) is 16.8 Å². The molecule has 1 aromatic heterocycles. The second kappa shape index (κ2) is 7.74. The summed E-state index contributed by atoms with van der Waals surface area (Å²) in [5.41, 5.74) is 0.772. The highest BCUT2D eigenvalue weighted by molar-refractivity contribution is 6.30. The number of nitrogens with zero attached hydrogens (tertiary/aromatic N) is 2. The van der Waals surface area contributed by atoms with Crippen molar-refractivity contribution >= 4 is 29.1 Å². The van der Waals surface area contributed by atoms with E-state index in [1.54, 1.807) is 24.1 Å². The monoisotopic (exact) mass is 373 g/mol. The third-order valence-electron chi connectivity index (χ3n) is 4.51. The van der Waals surface area contributed by atoms with Gasteiger partial charge in [-0.3, -0.25) is 14.4 Å². The number of rotatable bonds is 3. The number of aromatic nitrogens is 1. The number of hydrogen-bond acceptors (Lipinski definition) is 3. The summed E-state index contributed by atoms with van der Waals surface area (Å²) in [6.45, 7) is 1.02. The zero-order valence-electron chi connectivity index (χ0n) is 14.4. The molecule has 1 N–H and O–H groups in total. The highest BCUT2D eigenvalue weighted by atomic mass is 35.5. The highest BCUT2D eigenvalue weighted by Crippen LogP contribution is 2.21. The van der Waals surface area contributed by atoms with Crippen molar-refractivity contribution in [2.24, 2.45) is 13.0 Å². The average molecular weight is 374 g/mol. The average Bonchev–Trinajstić information content (AvgIpc) is 2.66. The van der Waals surface area contributed by atoms with E-state index in [9.17, 15) is 14.4 Å². The van der Waals surface area contributed by atoms with Crippen LogP contribution in [0.1, 0.15) is 23.2 Å². The van der Waals surface area contributed by atoms with Crippen LogP contribution < -0.4 is 10.9 Å². The molecule has 7 heteroatoms. The van der Waals surface area contributed by atoms with Gasteiger partial charge in [0.25, 0.3) is 11.5 Å². The van der Waals surface area contributed by atoms with E-state index in [-0.39, 0.29) is 28.3 Å². The topological polar surface area (TPSA) is 71.4 Å². The zero-order chi connectivity index (χ0) is 18.7. The van der Waals surface area contributed by atoms with Gasteiger partial charge in [-0.05, 0) is 31.0 Å². The molecule has 2 amide bonds. The van der Waals surface area contributed by atoms with Gasteiger partial charge in [0.15, 0.2) is 0 Å². The Morgan fingerprint density at radius 3 is 2.65 bits per heavy atom. The van der Waals surface area contributed by atoms with Gasteiger partial charge in [0, 0.05) is 31.9 Å². The van der Waals surface area contributed by atoms with Crippen LogP contribution in [0, 0.1) is 5.92 Å². The first kappa shape index (κ1) is 18.2. The minimum absolute atomic E-state index is 0.0508. The Morgan fingerprint density at radius 1 is 1.23 bits per heavy atom. The number of amides is 2. The van der Waals surface area contributed by atoms with Crippen LogP contribution >= 0.6 is 11.6 Å². The molecular formula is C19H20ClN3O3. The Hall–Kier alpha value is -2.60. The van der Waals surface area contributed by atoms with E-state index >= 15 is 0 Å². The maximum atomic E-state index is 12.6. The van der Waals surface area contributed by atoms with E-state index in [4.69, 9.17) is 11.6 Å². The summed E-state index contributed by atoms with van der Waals surface area (Å²) in [6, 6.07) is 10.5. The highest BCUT2D eigenvalue weighted by Gasteiger charge is 2.29. The lowest BCUT2D eigenvalue weighted by atomic mass is 9.96. The summed E-state index contributed by atoms with van der Waals surface area (Å²) < 4.78 is 1.32. The summed E-state index contributed by atoms with van der Waals surface area (Å²) in [5, 5.41) is 2.85. The summed E-state index contributed by atoms with van der Waals surface area (Å²) in [4.78, 5) is 38.5. The molecule has 2 aromatic rings. The van der Waals surface area contributed by atoms with Gasteiger partial charge >= 0.3 is 0 Å².